The number of fused-ring (bicyclic) bond motifs is 1. The molecule has 0 unspecified atom stereocenters. The first-order valence-electron chi connectivity index (χ1n) is 10.4. The molecule has 2 aromatic rings. The highest BCUT2D eigenvalue weighted by Gasteiger charge is 2.42. The number of hydrogen-bond acceptors (Lipinski definition) is 5. The normalized spacial score (nSPS) is 18.1. The van der Waals surface area contributed by atoms with Crippen LogP contribution in [0, 0.1) is 5.82 Å². The summed E-state index contributed by atoms with van der Waals surface area (Å²) in [5.41, 5.74) is 3.39. The molecule has 1 amide bonds. The summed E-state index contributed by atoms with van der Waals surface area (Å²) in [7, 11) is 0. The minimum absolute atomic E-state index is 0.0443. The Kier molecular flexibility index (Phi) is 6.15. The molecule has 0 atom stereocenters. The van der Waals surface area contributed by atoms with E-state index in [0.29, 0.717) is 23.3 Å². The molecule has 31 heavy (non-hydrogen) atoms. The van der Waals surface area contributed by atoms with E-state index in [4.69, 9.17) is 9.94 Å². The van der Waals surface area contributed by atoms with E-state index in [1.165, 1.54) is 29.8 Å². The van der Waals surface area contributed by atoms with Gasteiger partial charge in [-0.2, -0.15) is 0 Å². The van der Waals surface area contributed by atoms with Gasteiger partial charge in [-0.1, -0.05) is 18.2 Å². The van der Waals surface area contributed by atoms with Crippen LogP contribution in [0.1, 0.15) is 40.7 Å². The first-order chi connectivity index (χ1) is 15.0. The zero-order chi connectivity index (χ0) is 21.8. The van der Waals surface area contributed by atoms with Crippen LogP contribution in [0.5, 0.6) is 5.75 Å². The van der Waals surface area contributed by atoms with Gasteiger partial charge in [-0.25, -0.2) is 9.87 Å². The number of nitrogens with one attached hydrogen (secondary N) is 1. The molecule has 2 N–H and O–H groups in total. The second-order valence-electron chi connectivity index (χ2n) is 8.17. The molecule has 4 rings (SSSR count). The average Bonchev–Trinajstić information content (AvgIpc) is 2.78. The lowest BCUT2D eigenvalue weighted by Gasteiger charge is -2.44. The molecule has 6 nitrogen and oxygen atoms in total. The van der Waals surface area contributed by atoms with Gasteiger partial charge in [-0.15, -0.1) is 0 Å². The number of rotatable bonds is 5. The Labute approximate surface area is 180 Å². The second kappa shape index (κ2) is 8.99. The van der Waals surface area contributed by atoms with Gasteiger partial charge < -0.3 is 9.64 Å². The highest BCUT2D eigenvalue weighted by atomic mass is 19.1. The molecular formula is C24H25FN2O4. The van der Waals surface area contributed by atoms with Gasteiger partial charge in [0.25, 0.3) is 5.91 Å². The number of halogens is 1. The predicted octanol–water partition coefficient (Wildman–Crippen LogP) is 3.39. The third-order valence-electron chi connectivity index (χ3n) is 6.05. The summed E-state index contributed by atoms with van der Waals surface area (Å²) < 4.78 is 19.4. The van der Waals surface area contributed by atoms with Gasteiger partial charge in [0.15, 0.2) is 5.78 Å². The highest BCUT2D eigenvalue weighted by Crippen LogP contribution is 2.39. The molecule has 2 aromatic carbocycles. The predicted molar refractivity (Wildman–Crippen MR) is 113 cm³/mol. The first kappa shape index (κ1) is 21.2. The Morgan fingerprint density at radius 3 is 2.65 bits per heavy atom. The standard InChI is InChI=1S/C24H25FN2O4/c25-19-5-1-17(2-6-19)9-12-27-13-10-24(11-14-27)16-21(28)20-15-18(3-7-22(20)31-24)4-8-23(29)26-30/h1-8,15,30H,9-14,16H2,(H,26,29)/b8-4+. The molecule has 7 heteroatoms. The molecule has 0 aromatic heterocycles. The van der Waals surface area contributed by atoms with Crippen molar-refractivity contribution in [2.24, 2.45) is 0 Å². The lowest BCUT2D eigenvalue weighted by Crippen LogP contribution is -2.51. The van der Waals surface area contributed by atoms with Gasteiger partial charge in [0, 0.05) is 38.6 Å². The van der Waals surface area contributed by atoms with Gasteiger partial charge in [-0.05, 0) is 47.9 Å². The van der Waals surface area contributed by atoms with Crippen molar-refractivity contribution >= 4 is 17.8 Å². The lowest BCUT2D eigenvalue weighted by molar-refractivity contribution is -0.124. The van der Waals surface area contributed by atoms with Gasteiger partial charge in [-0.3, -0.25) is 14.8 Å². The van der Waals surface area contributed by atoms with Crippen LogP contribution in [-0.4, -0.2) is 47.0 Å². The van der Waals surface area contributed by atoms with Crippen LogP contribution < -0.4 is 10.2 Å². The molecule has 1 saturated heterocycles. The third kappa shape index (κ3) is 5.00. The largest absolute Gasteiger partial charge is 0.486 e. The number of carbonyl (C=O) groups excluding carboxylic acids is 2. The van der Waals surface area contributed by atoms with Crippen molar-refractivity contribution in [3.05, 3.63) is 71.0 Å². The molecular weight excluding hydrogens is 399 g/mol. The molecule has 1 spiro atoms. The molecule has 0 aliphatic carbocycles. The zero-order valence-corrected chi connectivity index (χ0v) is 17.1. The number of ether oxygens (including phenoxy) is 1. The van der Waals surface area contributed by atoms with Crippen LogP contribution in [0.2, 0.25) is 0 Å². The monoisotopic (exact) mass is 424 g/mol. The average molecular weight is 424 g/mol. The minimum atomic E-state index is -0.634. The van der Waals surface area contributed by atoms with Crippen LogP contribution in [0.25, 0.3) is 6.08 Å². The third-order valence-corrected chi connectivity index (χ3v) is 6.05. The van der Waals surface area contributed by atoms with E-state index in [-0.39, 0.29) is 11.6 Å². The van der Waals surface area contributed by atoms with Gasteiger partial charge in [0.1, 0.15) is 17.2 Å². The fourth-order valence-electron chi connectivity index (χ4n) is 4.23. The molecule has 2 aliphatic heterocycles. The second-order valence-corrected chi connectivity index (χ2v) is 8.17. The Morgan fingerprint density at radius 1 is 1.19 bits per heavy atom. The van der Waals surface area contributed by atoms with Crippen LogP contribution in [0.4, 0.5) is 4.39 Å². The van der Waals surface area contributed by atoms with E-state index in [0.717, 1.165) is 44.5 Å². The van der Waals surface area contributed by atoms with Crippen molar-refractivity contribution < 1.29 is 23.9 Å². The molecule has 1 fully saturated rings. The van der Waals surface area contributed by atoms with Crippen LogP contribution in [-0.2, 0) is 11.2 Å². The molecule has 2 heterocycles. The van der Waals surface area contributed by atoms with Crippen LogP contribution in [0.15, 0.2) is 48.5 Å². The quantitative estimate of drug-likeness (QED) is 0.437. The SMILES string of the molecule is O=C(/C=C/c1ccc2c(c1)C(=O)CC1(CCN(CCc3ccc(F)cc3)CC1)O2)NO. The summed E-state index contributed by atoms with van der Waals surface area (Å²) in [6.45, 7) is 2.59. The Hall–Kier alpha value is -3.03. The Bertz CT molecular complexity index is 995. The molecule has 0 radical (unpaired) electrons. The summed E-state index contributed by atoms with van der Waals surface area (Å²) in [5.74, 6) is -0.227. The number of nitrogens with zero attached hydrogens (tertiary/aromatic N) is 1. The van der Waals surface area contributed by atoms with Crippen molar-refractivity contribution in [1.29, 1.82) is 0 Å². The van der Waals surface area contributed by atoms with E-state index in [9.17, 15) is 14.0 Å². The summed E-state index contributed by atoms with van der Waals surface area (Å²) in [6.07, 6.45) is 5.48. The van der Waals surface area contributed by atoms with E-state index < -0.39 is 11.5 Å². The van der Waals surface area contributed by atoms with Crippen molar-refractivity contribution in [2.45, 2.75) is 31.3 Å². The van der Waals surface area contributed by atoms with Crippen molar-refractivity contribution in [2.75, 3.05) is 19.6 Å². The number of hydroxylamine groups is 1. The summed E-state index contributed by atoms with van der Waals surface area (Å²) >= 11 is 0. The Morgan fingerprint density at radius 2 is 1.94 bits per heavy atom. The van der Waals surface area contributed by atoms with E-state index in [1.54, 1.807) is 18.2 Å². The minimum Gasteiger partial charge on any atom is -0.486 e. The van der Waals surface area contributed by atoms with E-state index >= 15 is 0 Å². The van der Waals surface area contributed by atoms with Crippen molar-refractivity contribution in [3.8, 4) is 5.75 Å². The number of hydrogen-bond donors (Lipinski definition) is 2. The molecule has 0 saturated carbocycles. The Balaban J connectivity index is 1.36. The maximum Gasteiger partial charge on any atom is 0.267 e. The van der Waals surface area contributed by atoms with Crippen molar-refractivity contribution in [3.63, 3.8) is 0 Å². The lowest BCUT2D eigenvalue weighted by atomic mass is 9.82. The maximum absolute atomic E-state index is 13.0. The zero-order valence-electron chi connectivity index (χ0n) is 17.1. The summed E-state index contributed by atoms with van der Waals surface area (Å²) in [4.78, 5) is 26.4. The number of benzene rings is 2. The summed E-state index contributed by atoms with van der Waals surface area (Å²) in [5, 5.41) is 8.57. The molecule has 0 bridgehead atoms. The smallest absolute Gasteiger partial charge is 0.267 e. The van der Waals surface area contributed by atoms with E-state index in [1.807, 2.05) is 12.1 Å². The number of piperidine rings is 1. The highest BCUT2D eigenvalue weighted by molar-refractivity contribution is 6.01. The van der Waals surface area contributed by atoms with Crippen molar-refractivity contribution in [1.82, 2.24) is 10.4 Å². The number of amides is 1. The fourth-order valence-corrected chi connectivity index (χ4v) is 4.23. The van der Waals surface area contributed by atoms with Crippen LogP contribution >= 0.6 is 0 Å². The van der Waals surface area contributed by atoms with E-state index in [2.05, 4.69) is 4.90 Å². The number of Topliss-reactive ketones (excluding diaryl/α,β-unsaturated/α-hetero) is 1. The van der Waals surface area contributed by atoms with Crippen LogP contribution in [0.3, 0.4) is 0 Å². The summed E-state index contributed by atoms with van der Waals surface area (Å²) in [6, 6.07) is 11.9. The van der Waals surface area contributed by atoms with Gasteiger partial charge in [0.2, 0.25) is 0 Å². The molecule has 162 valence electrons. The number of carbonyl (C=O) groups is 2. The first-order valence-corrected chi connectivity index (χ1v) is 10.4. The fraction of sp³-hybridized carbons (Fsp3) is 0.333. The number of ketones is 1. The molecule has 2 aliphatic rings. The topological polar surface area (TPSA) is 78.9 Å². The van der Waals surface area contributed by atoms with Gasteiger partial charge >= 0.3 is 0 Å². The maximum atomic E-state index is 13.0. The number of likely N-dealkylation sites (tertiary alicyclic amines) is 1. The van der Waals surface area contributed by atoms with Gasteiger partial charge in [0.05, 0.1) is 12.0 Å².